The van der Waals surface area contributed by atoms with Crippen LogP contribution in [-0.4, -0.2) is 44.0 Å². The molecule has 1 heterocycles. The third-order valence-corrected chi connectivity index (χ3v) is 8.19. The number of halogens is 1. The van der Waals surface area contributed by atoms with E-state index in [4.69, 9.17) is 16.3 Å². The van der Waals surface area contributed by atoms with Gasteiger partial charge in [0.2, 0.25) is 0 Å². The molecule has 1 aliphatic heterocycles. The number of amides is 1. The van der Waals surface area contributed by atoms with Crippen LogP contribution in [0.5, 0.6) is 0 Å². The van der Waals surface area contributed by atoms with E-state index in [-0.39, 0.29) is 11.5 Å². The molecule has 1 amide bonds. The molecule has 1 fully saturated rings. The van der Waals surface area contributed by atoms with Crippen LogP contribution in [0.2, 0.25) is 0 Å². The Morgan fingerprint density at radius 1 is 0.800 bits per heavy atom. The fraction of sp³-hybridized carbons (Fsp3) is 0.957. The molecular formula is C23H44ClNO4S. The Kier molecular flexibility index (Phi) is 15.7. The molecule has 0 aromatic carbocycles. The lowest BCUT2D eigenvalue weighted by molar-refractivity contribution is 0.141. The van der Waals surface area contributed by atoms with Crippen LogP contribution in [0.15, 0.2) is 0 Å². The quantitative estimate of drug-likeness (QED) is 0.188. The smallest absolute Gasteiger partial charge is 0.407 e. The largest absolute Gasteiger partial charge is 0.450 e. The van der Waals surface area contributed by atoms with Gasteiger partial charge in [0.05, 0.1) is 29.5 Å². The Balaban J connectivity index is 1.80. The topological polar surface area (TPSA) is 72.5 Å². The van der Waals surface area contributed by atoms with Gasteiger partial charge in [0, 0.05) is 0 Å². The zero-order valence-corrected chi connectivity index (χ0v) is 20.6. The minimum absolute atomic E-state index is 0.0847. The predicted octanol–water partition coefficient (Wildman–Crippen LogP) is 6.38. The third kappa shape index (κ3) is 14.5. The molecule has 0 bridgehead atoms. The average molecular weight is 466 g/mol. The first kappa shape index (κ1) is 27.5. The number of unbranched alkanes of at least 4 members (excludes halogenated alkanes) is 15. The third-order valence-electron chi connectivity index (χ3n) is 5.82. The van der Waals surface area contributed by atoms with Crippen LogP contribution in [0.1, 0.15) is 110 Å². The zero-order valence-electron chi connectivity index (χ0n) is 19.0. The highest BCUT2D eigenvalue weighted by Crippen LogP contribution is 2.18. The molecule has 5 nitrogen and oxygen atoms in total. The Bertz CT molecular complexity index is 541. The number of hydrogen-bond donors (Lipinski definition) is 1. The van der Waals surface area contributed by atoms with Crippen molar-refractivity contribution in [3.05, 3.63) is 0 Å². The van der Waals surface area contributed by atoms with Crippen LogP contribution in [-0.2, 0) is 14.6 Å². The molecule has 1 saturated heterocycles. The maximum atomic E-state index is 11.7. The summed E-state index contributed by atoms with van der Waals surface area (Å²) in [5.41, 5.74) is 0. The van der Waals surface area contributed by atoms with Gasteiger partial charge in [0.15, 0.2) is 9.84 Å². The summed E-state index contributed by atoms with van der Waals surface area (Å²) < 4.78 is 28.1. The SMILES string of the molecule is CCCCCCCCCCCCCCCCCCOC(=O)NC1CS(=O)(=O)CC1Cl. The van der Waals surface area contributed by atoms with Gasteiger partial charge in [0.25, 0.3) is 0 Å². The molecule has 30 heavy (non-hydrogen) atoms. The van der Waals surface area contributed by atoms with Crippen molar-refractivity contribution in [1.82, 2.24) is 5.32 Å². The lowest BCUT2D eigenvalue weighted by Crippen LogP contribution is -2.41. The van der Waals surface area contributed by atoms with Gasteiger partial charge in [-0.2, -0.15) is 0 Å². The monoisotopic (exact) mass is 465 g/mol. The Labute approximate surface area is 190 Å². The fourth-order valence-corrected chi connectivity index (χ4v) is 6.49. The van der Waals surface area contributed by atoms with E-state index >= 15 is 0 Å². The van der Waals surface area contributed by atoms with Gasteiger partial charge < -0.3 is 10.1 Å². The average Bonchev–Trinajstić information content (AvgIpc) is 2.95. The normalized spacial score (nSPS) is 20.3. The summed E-state index contributed by atoms with van der Waals surface area (Å²) in [6.07, 6.45) is 20.3. The second-order valence-electron chi connectivity index (χ2n) is 8.78. The molecule has 178 valence electrons. The summed E-state index contributed by atoms with van der Waals surface area (Å²) in [5, 5.41) is 2.00. The molecule has 1 rings (SSSR count). The number of carbonyl (C=O) groups excluding carboxylic acids is 1. The Morgan fingerprint density at radius 2 is 1.23 bits per heavy atom. The molecule has 0 radical (unpaired) electrons. The minimum Gasteiger partial charge on any atom is -0.450 e. The van der Waals surface area contributed by atoms with Crippen molar-refractivity contribution in [2.24, 2.45) is 0 Å². The molecule has 1 N–H and O–H groups in total. The number of hydrogen-bond acceptors (Lipinski definition) is 4. The van der Waals surface area contributed by atoms with E-state index in [0.29, 0.717) is 6.61 Å². The lowest BCUT2D eigenvalue weighted by Gasteiger charge is -2.14. The first-order valence-electron chi connectivity index (χ1n) is 12.2. The standard InChI is InChI=1S/C23H44ClNO4S/c1-2-3-4-5-6-7-8-9-10-11-12-13-14-15-16-17-18-29-23(26)25-22-20-30(27,28)19-21(22)24/h21-22H,2-20H2,1H3,(H,25,26). The molecule has 0 aromatic rings. The first-order chi connectivity index (χ1) is 14.4. The summed E-state index contributed by atoms with van der Waals surface area (Å²) in [7, 11) is -3.15. The second-order valence-corrected chi connectivity index (χ2v) is 11.5. The van der Waals surface area contributed by atoms with Gasteiger partial charge in [-0.1, -0.05) is 103 Å². The Morgan fingerprint density at radius 3 is 1.63 bits per heavy atom. The van der Waals surface area contributed by atoms with Crippen LogP contribution in [0.25, 0.3) is 0 Å². The van der Waals surface area contributed by atoms with Gasteiger partial charge >= 0.3 is 6.09 Å². The van der Waals surface area contributed by atoms with Crippen LogP contribution < -0.4 is 5.32 Å². The van der Waals surface area contributed by atoms with Crippen LogP contribution in [0.4, 0.5) is 4.79 Å². The minimum atomic E-state index is -3.15. The fourth-order valence-electron chi connectivity index (χ4n) is 3.94. The summed E-state index contributed by atoms with van der Waals surface area (Å²) in [6, 6.07) is -0.546. The number of nitrogens with one attached hydrogen (secondary N) is 1. The van der Waals surface area contributed by atoms with E-state index in [9.17, 15) is 13.2 Å². The van der Waals surface area contributed by atoms with E-state index in [2.05, 4.69) is 12.2 Å². The summed E-state index contributed by atoms with van der Waals surface area (Å²) >= 11 is 5.96. The number of sulfone groups is 1. The molecule has 0 aromatic heterocycles. The van der Waals surface area contributed by atoms with Crippen molar-refractivity contribution in [3.63, 3.8) is 0 Å². The van der Waals surface area contributed by atoms with Crippen molar-refractivity contribution >= 4 is 27.5 Å². The highest BCUT2D eigenvalue weighted by Gasteiger charge is 2.37. The molecule has 1 aliphatic rings. The van der Waals surface area contributed by atoms with E-state index in [1.54, 1.807) is 0 Å². The van der Waals surface area contributed by atoms with Crippen molar-refractivity contribution in [3.8, 4) is 0 Å². The van der Waals surface area contributed by atoms with Crippen molar-refractivity contribution in [2.45, 2.75) is 121 Å². The lowest BCUT2D eigenvalue weighted by atomic mass is 10.0. The van der Waals surface area contributed by atoms with Crippen molar-refractivity contribution in [2.75, 3.05) is 18.1 Å². The Hall–Kier alpha value is -0.490. The zero-order chi connectivity index (χ0) is 22.1. The molecule has 0 aliphatic carbocycles. The second kappa shape index (κ2) is 17.1. The van der Waals surface area contributed by atoms with E-state index < -0.39 is 27.3 Å². The first-order valence-corrected chi connectivity index (χ1v) is 14.5. The molecular weight excluding hydrogens is 422 g/mol. The summed E-state index contributed by atoms with van der Waals surface area (Å²) in [5.74, 6) is -0.187. The number of alkyl halides is 1. The van der Waals surface area contributed by atoms with E-state index in [0.717, 1.165) is 12.8 Å². The van der Waals surface area contributed by atoms with Gasteiger partial charge in [-0.15, -0.1) is 11.6 Å². The summed E-state index contributed by atoms with van der Waals surface area (Å²) in [6.45, 7) is 2.64. The van der Waals surface area contributed by atoms with Crippen LogP contribution in [0.3, 0.4) is 0 Å². The number of rotatable bonds is 18. The molecule has 2 unspecified atom stereocenters. The summed E-state index contributed by atoms with van der Waals surface area (Å²) in [4.78, 5) is 11.7. The van der Waals surface area contributed by atoms with Crippen molar-refractivity contribution in [1.29, 1.82) is 0 Å². The number of carbonyl (C=O) groups is 1. The maximum absolute atomic E-state index is 11.7. The van der Waals surface area contributed by atoms with Crippen LogP contribution in [0, 0.1) is 0 Å². The van der Waals surface area contributed by atoms with Crippen LogP contribution >= 0.6 is 11.6 Å². The maximum Gasteiger partial charge on any atom is 0.407 e. The van der Waals surface area contributed by atoms with E-state index in [1.165, 1.54) is 89.9 Å². The highest BCUT2D eigenvalue weighted by molar-refractivity contribution is 7.91. The van der Waals surface area contributed by atoms with Crippen molar-refractivity contribution < 1.29 is 17.9 Å². The number of alkyl carbamates (subject to hydrolysis) is 1. The molecule has 0 spiro atoms. The van der Waals surface area contributed by atoms with Gasteiger partial charge in [-0.05, 0) is 6.42 Å². The van der Waals surface area contributed by atoms with Gasteiger partial charge in [-0.3, -0.25) is 0 Å². The predicted molar refractivity (Wildman–Crippen MR) is 126 cm³/mol. The van der Waals surface area contributed by atoms with E-state index in [1.807, 2.05) is 0 Å². The molecule has 0 saturated carbocycles. The number of ether oxygens (including phenoxy) is 1. The highest BCUT2D eigenvalue weighted by atomic mass is 35.5. The van der Waals surface area contributed by atoms with Gasteiger partial charge in [-0.25, -0.2) is 13.2 Å². The molecule has 7 heteroatoms. The molecule has 2 atom stereocenters. The van der Waals surface area contributed by atoms with Gasteiger partial charge in [0.1, 0.15) is 0 Å².